The molecule has 0 spiro atoms. The fourth-order valence-electron chi connectivity index (χ4n) is 2.37. The van der Waals surface area contributed by atoms with E-state index in [0.29, 0.717) is 12.2 Å². The molecule has 0 aromatic heterocycles. The third kappa shape index (κ3) is 3.71. The van der Waals surface area contributed by atoms with Crippen molar-refractivity contribution in [2.24, 2.45) is 0 Å². The zero-order chi connectivity index (χ0) is 15.2. The van der Waals surface area contributed by atoms with Crippen molar-refractivity contribution in [3.05, 3.63) is 24.3 Å². The van der Waals surface area contributed by atoms with Crippen molar-refractivity contribution in [1.29, 1.82) is 0 Å². The van der Waals surface area contributed by atoms with E-state index in [2.05, 4.69) is 18.6 Å². The van der Waals surface area contributed by atoms with Gasteiger partial charge in [-0.3, -0.25) is 0 Å². The molecule has 0 fully saturated rings. The molecule has 0 atom stereocenters. The third-order valence-electron chi connectivity index (χ3n) is 3.46. The van der Waals surface area contributed by atoms with Crippen LogP contribution in [0, 0.1) is 0 Å². The molecule has 0 radical (unpaired) electrons. The average Bonchev–Trinajstić information content (AvgIpc) is 2.47. The van der Waals surface area contributed by atoms with E-state index in [0.717, 1.165) is 12.8 Å². The largest absolute Gasteiger partial charge is 0.395 e. The molecule has 0 heterocycles. The van der Waals surface area contributed by atoms with E-state index in [1.807, 2.05) is 11.0 Å². The van der Waals surface area contributed by atoms with Gasteiger partial charge in [-0.05, 0) is 32.0 Å². The Balaban J connectivity index is 3.34. The minimum absolute atomic E-state index is 0.00949. The molecule has 0 amide bonds. The number of aliphatic hydroxyl groups is 1. The van der Waals surface area contributed by atoms with Gasteiger partial charge in [-0.1, -0.05) is 26.0 Å². The van der Waals surface area contributed by atoms with Crippen LogP contribution in [0.1, 0.15) is 26.7 Å². The molecular formula is C14H24N2O3S. The fraction of sp³-hybridized carbons (Fsp3) is 0.571. The summed E-state index contributed by atoms with van der Waals surface area (Å²) in [6, 6.07) is 7.11. The number of sulfonamides is 1. The molecule has 0 saturated heterocycles. The van der Waals surface area contributed by atoms with Crippen LogP contribution in [0.15, 0.2) is 29.2 Å². The van der Waals surface area contributed by atoms with Gasteiger partial charge in [0.25, 0.3) is 0 Å². The van der Waals surface area contributed by atoms with E-state index in [4.69, 9.17) is 0 Å². The summed E-state index contributed by atoms with van der Waals surface area (Å²) in [4.78, 5) is 2.23. The van der Waals surface area contributed by atoms with Crippen molar-refractivity contribution >= 4 is 15.7 Å². The molecule has 0 aliphatic heterocycles. The van der Waals surface area contributed by atoms with E-state index in [1.165, 1.54) is 7.05 Å². The molecule has 0 aliphatic carbocycles. The van der Waals surface area contributed by atoms with Crippen LogP contribution in [-0.2, 0) is 10.0 Å². The lowest BCUT2D eigenvalue weighted by Gasteiger charge is -2.33. The van der Waals surface area contributed by atoms with E-state index >= 15 is 0 Å². The van der Waals surface area contributed by atoms with Gasteiger partial charge in [0, 0.05) is 12.6 Å². The zero-order valence-electron chi connectivity index (χ0n) is 12.3. The molecule has 1 aromatic rings. The van der Waals surface area contributed by atoms with Gasteiger partial charge in [0.15, 0.2) is 0 Å². The highest BCUT2D eigenvalue weighted by Gasteiger charge is 2.23. The topological polar surface area (TPSA) is 69.6 Å². The molecular weight excluding hydrogens is 276 g/mol. The normalized spacial score (nSPS) is 11.8. The van der Waals surface area contributed by atoms with Crippen LogP contribution in [0.3, 0.4) is 0 Å². The summed E-state index contributed by atoms with van der Waals surface area (Å²) >= 11 is 0. The molecule has 0 aliphatic rings. The van der Waals surface area contributed by atoms with Crippen molar-refractivity contribution in [2.45, 2.75) is 37.6 Å². The predicted octanol–water partition coefficient (Wildman–Crippen LogP) is 1.58. The summed E-state index contributed by atoms with van der Waals surface area (Å²) in [5.74, 6) is 0. The standard InChI is InChI=1S/C14H24N2O3S/c1-4-12(5-2)16(10-11-17)13-8-6-7-9-14(13)20(18,19)15-3/h6-9,12,15,17H,4-5,10-11H2,1-3H3. The Morgan fingerprint density at radius 2 is 1.85 bits per heavy atom. The number of hydrogen-bond acceptors (Lipinski definition) is 4. The molecule has 20 heavy (non-hydrogen) atoms. The first-order valence-electron chi connectivity index (χ1n) is 6.91. The van der Waals surface area contributed by atoms with Gasteiger partial charge in [-0.25, -0.2) is 13.1 Å². The van der Waals surface area contributed by atoms with E-state index < -0.39 is 10.0 Å². The monoisotopic (exact) mass is 300 g/mol. The van der Waals surface area contributed by atoms with E-state index in [-0.39, 0.29) is 17.5 Å². The van der Waals surface area contributed by atoms with Crippen LogP contribution in [-0.4, -0.2) is 39.8 Å². The molecule has 6 heteroatoms. The maximum Gasteiger partial charge on any atom is 0.242 e. The minimum atomic E-state index is -3.52. The van der Waals surface area contributed by atoms with Gasteiger partial charge in [0.2, 0.25) is 10.0 Å². The van der Waals surface area contributed by atoms with Crippen molar-refractivity contribution in [2.75, 3.05) is 25.1 Å². The Morgan fingerprint density at radius 3 is 2.35 bits per heavy atom. The number of benzene rings is 1. The molecule has 0 saturated carbocycles. The number of nitrogens with zero attached hydrogens (tertiary/aromatic N) is 1. The Bertz CT molecular complexity index is 513. The first-order chi connectivity index (χ1) is 9.51. The second-order valence-electron chi connectivity index (χ2n) is 4.56. The lowest BCUT2D eigenvalue weighted by atomic mass is 10.1. The number of aliphatic hydroxyl groups excluding tert-OH is 1. The average molecular weight is 300 g/mol. The smallest absolute Gasteiger partial charge is 0.242 e. The highest BCUT2D eigenvalue weighted by atomic mass is 32.2. The molecule has 1 aromatic carbocycles. The summed E-state index contributed by atoms with van der Waals surface area (Å²) in [5.41, 5.74) is 0.643. The summed E-state index contributed by atoms with van der Waals surface area (Å²) in [6.45, 7) is 4.54. The quantitative estimate of drug-likeness (QED) is 0.765. The van der Waals surface area contributed by atoms with Gasteiger partial charge in [-0.2, -0.15) is 0 Å². The van der Waals surface area contributed by atoms with Gasteiger partial charge in [-0.15, -0.1) is 0 Å². The highest BCUT2D eigenvalue weighted by Crippen LogP contribution is 2.28. The predicted molar refractivity (Wildman–Crippen MR) is 81.5 cm³/mol. The van der Waals surface area contributed by atoms with Crippen LogP contribution in [0.4, 0.5) is 5.69 Å². The number of para-hydroxylation sites is 1. The molecule has 114 valence electrons. The van der Waals surface area contributed by atoms with Crippen molar-refractivity contribution in [1.82, 2.24) is 4.72 Å². The van der Waals surface area contributed by atoms with Crippen LogP contribution < -0.4 is 9.62 Å². The van der Waals surface area contributed by atoms with Crippen LogP contribution in [0.2, 0.25) is 0 Å². The van der Waals surface area contributed by atoms with Crippen molar-refractivity contribution in [3.63, 3.8) is 0 Å². The summed E-state index contributed by atoms with van der Waals surface area (Å²) in [7, 11) is -2.11. The lowest BCUT2D eigenvalue weighted by molar-refractivity contribution is 0.295. The Morgan fingerprint density at radius 1 is 1.25 bits per heavy atom. The first kappa shape index (κ1) is 16.9. The highest BCUT2D eigenvalue weighted by molar-refractivity contribution is 7.89. The van der Waals surface area contributed by atoms with Gasteiger partial charge < -0.3 is 10.0 Å². The van der Waals surface area contributed by atoms with E-state index in [9.17, 15) is 13.5 Å². The van der Waals surface area contributed by atoms with E-state index in [1.54, 1.807) is 18.2 Å². The van der Waals surface area contributed by atoms with Crippen LogP contribution in [0.5, 0.6) is 0 Å². The maximum atomic E-state index is 12.1. The molecule has 2 N–H and O–H groups in total. The summed E-state index contributed by atoms with van der Waals surface area (Å²) < 4.78 is 26.6. The Hall–Kier alpha value is -1.11. The minimum Gasteiger partial charge on any atom is -0.395 e. The Labute approximate surface area is 121 Å². The molecule has 0 unspecified atom stereocenters. The maximum absolute atomic E-state index is 12.1. The van der Waals surface area contributed by atoms with Crippen LogP contribution >= 0.6 is 0 Å². The van der Waals surface area contributed by atoms with Gasteiger partial charge in [0.05, 0.1) is 12.3 Å². The third-order valence-corrected chi connectivity index (χ3v) is 4.92. The number of hydrogen-bond donors (Lipinski definition) is 2. The second-order valence-corrected chi connectivity index (χ2v) is 6.42. The molecule has 0 bridgehead atoms. The summed E-state index contributed by atoms with van der Waals surface area (Å²) in [6.07, 6.45) is 1.79. The Kier molecular flexibility index (Phi) is 6.45. The number of nitrogens with one attached hydrogen (secondary N) is 1. The van der Waals surface area contributed by atoms with Crippen LogP contribution in [0.25, 0.3) is 0 Å². The molecule has 5 nitrogen and oxygen atoms in total. The first-order valence-corrected chi connectivity index (χ1v) is 8.40. The van der Waals surface area contributed by atoms with Gasteiger partial charge >= 0.3 is 0 Å². The molecule has 1 rings (SSSR count). The summed E-state index contributed by atoms with van der Waals surface area (Å²) in [5, 5.41) is 9.28. The number of rotatable bonds is 8. The van der Waals surface area contributed by atoms with Gasteiger partial charge in [0.1, 0.15) is 4.90 Å². The SMILES string of the molecule is CCC(CC)N(CCO)c1ccccc1S(=O)(=O)NC. The van der Waals surface area contributed by atoms with Crippen molar-refractivity contribution in [3.8, 4) is 0 Å². The fourth-order valence-corrected chi connectivity index (χ4v) is 3.31. The number of anilines is 1. The second kappa shape index (κ2) is 7.61. The zero-order valence-corrected chi connectivity index (χ0v) is 13.2. The lowest BCUT2D eigenvalue weighted by Crippen LogP contribution is -2.38. The van der Waals surface area contributed by atoms with Crippen molar-refractivity contribution < 1.29 is 13.5 Å².